The number of allylic oxidation sites excluding steroid dienone is 1. The van der Waals surface area contributed by atoms with E-state index in [1.807, 2.05) is 6.08 Å². The highest BCUT2D eigenvalue weighted by Gasteiger charge is 2.64. The zero-order valence-electron chi connectivity index (χ0n) is 30.6. The molecule has 8 rings (SSSR count). The molecule has 2 saturated heterocycles. The Balaban J connectivity index is 0.838. The number of hydrogen-bond donors (Lipinski definition) is 2. The van der Waals surface area contributed by atoms with Gasteiger partial charge in [-0.25, -0.2) is 4.79 Å². The van der Waals surface area contributed by atoms with Gasteiger partial charge in [-0.3, -0.25) is 19.2 Å². The Labute approximate surface area is 312 Å². The number of carbonyl (C=O) groups is 5. The van der Waals surface area contributed by atoms with Crippen molar-refractivity contribution in [3.63, 3.8) is 0 Å². The number of amides is 2. The van der Waals surface area contributed by atoms with Crippen molar-refractivity contribution in [1.82, 2.24) is 15.4 Å². The first-order valence-electron chi connectivity index (χ1n) is 18.9. The Morgan fingerprint density at radius 1 is 1.04 bits per heavy atom. The number of aryl methyl sites for hydroxylation is 1. The molecule has 5 fully saturated rings. The van der Waals surface area contributed by atoms with Gasteiger partial charge in [0.15, 0.2) is 5.78 Å². The van der Waals surface area contributed by atoms with Crippen molar-refractivity contribution in [3.8, 4) is 17.0 Å². The quantitative estimate of drug-likeness (QED) is 0.238. The normalized spacial score (nSPS) is 33.8. The largest absolute Gasteiger partial charge is 0.493 e. The lowest BCUT2D eigenvalue weighted by Gasteiger charge is -2.53. The summed E-state index contributed by atoms with van der Waals surface area (Å²) in [5.74, 6) is 1.20. The fourth-order valence-corrected chi connectivity index (χ4v) is 12.3. The van der Waals surface area contributed by atoms with Crippen LogP contribution in [-0.2, 0) is 23.9 Å². The Hall–Kier alpha value is -4.13. The first-order chi connectivity index (χ1) is 25.3. The van der Waals surface area contributed by atoms with Crippen LogP contribution in [0.3, 0.4) is 0 Å². The number of ketones is 1. The molecule has 3 heterocycles. The zero-order valence-corrected chi connectivity index (χ0v) is 31.4. The van der Waals surface area contributed by atoms with Crippen LogP contribution in [0.15, 0.2) is 40.4 Å². The van der Waals surface area contributed by atoms with Crippen LogP contribution in [0, 0.1) is 36.0 Å². The SMILES string of the molecule is Cc1onc(-c2ccc(OCCC(=O)OC3CCC4C5CCC6=CC(=O)CCC6C5CCC34C)cc2)c1C(=O)NC1C(=O)N2C1SC(C)(C)C2C(=O)O. The second-order valence-corrected chi connectivity index (χ2v) is 18.3. The molecule has 2 aliphatic heterocycles. The van der Waals surface area contributed by atoms with E-state index in [1.54, 1.807) is 45.0 Å². The fourth-order valence-electron chi connectivity index (χ4n) is 10.7. The van der Waals surface area contributed by atoms with Crippen LogP contribution in [0.5, 0.6) is 5.75 Å². The van der Waals surface area contributed by atoms with Gasteiger partial charge in [0.25, 0.3) is 5.91 Å². The minimum Gasteiger partial charge on any atom is -0.493 e. The lowest BCUT2D eigenvalue weighted by atomic mass is 9.52. The van der Waals surface area contributed by atoms with Crippen LogP contribution in [-0.4, -0.2) is 79.6 Å². The molecule has 4 aliphatic carbocycles. The van der Waals surface area contributed by atoms with E-state index < -0.39 is 40.0 Å². The molecule has 9 atom stereocenters. The summed E-state index contributed by atoms with van der Waals surface area (Å²) in [4.78, 5) is 64.7. The van der Waals surface area contributed by atoms with Crippen molar-refractivity contribution < 1.29 is 43.1 Å². The number of fused-ring (bicyclic) bond motifs is 6. The number of thioether (sulfide) groups is 1. The molecular formula is C40H47N3O9S. The topological polar surface area (TPSA) is 165 Å². The average molecular weight is 746 g/mol. The molecule has 0 bridgehead atoms. The molecule has 1 aromatic heterocycles. The van der Waals surface area contributed by atoms with Crippen molar-refractivity contribution in [3.05, 3.63) is 47.2 Å². The van der Waals surface area contributed by atoms with Gasteiger partial charge in [0.2, 0.25) is 5.91 Å². The summed E-state index contributed by atoms with van der Waals surface area (Å²) >= 11 is 1.36. The molecule has 0 spiro atoms. The van der Waals surface area contributed by atoms with Crippen LogP contribution < -0.4 is 10.1 Å². The maximum atomic E-state index is 13.5. The van der Waals surface area contributed by atoms with E-state index in [0.717, 1.165) is 44.9 Å². The van der Waals surface area contributed by atoms with Crippen LogP contribution in [0.4, 0.5) is 0 Å². The molecule has 3 saturated carbocycles. The predicted molar refractivity (Wildman–Crippen MR) is 194 cm³/mol. The van der Waals surface area contributed by atoms with Crippen molar-refractivity contribution in [2.75, 3.05) is 6.61 Å². The summed E-state index contributed by atoms with van der Waals surface area (Å²) in [6, 6.07) is 5.13. The van der Waals surface area contributed by atoms with Crippen molar-refractivity contribution in [2.24, 2.45) is 29.1 Å². The third-order valence-electron chi connectivity index (χ3n) is 13.2. The van der Waals surface area contributed by atoms with Gasteiger partial charge in [0, 0.05) is 22.1 Å². The molecule has 2 aromatic rings. The summed E-state index contributed by atoms with van der Waals surface area (Å²) in [6.07, 6.45) is 9.97. The first-order valence-corrected chi connectivity index (χ1v) is 19.8. The molecule has 9 unspecified atom stereocenters. The van der Waals surface area contributed by atoms with E-state index in [2.05, 4.69) is 17.4 Å². The van der Waals surface area contributed by atoms with Crippen molar-refractivity contribution in [2.45, 2.75) is 114 Å². The molecule has 282 valence electrons. The maximum absolute atomic E-state index is 13.5. The standard InChI is InChI=1S/C40H47N3O9S/c1-20-31(35(46)41-33-36(47)43-34(38(48)49)39(2,3)53-37(33)43)32(42-52-20)21-5-9-24(10-6-21)50-18-16-30(45)51-29-14-13-28-27-11-7-22-19-23(44)8-12-25(22)26(27)15-17-40(28,29)4/h5-6,9-10,19,25-29,33-34,37H,7-8,11-18H2,1-4H3,(H,41,46)(H,48,49). The zero-order chi connectivity index (χ0) is 37.4. The number of nitrogens with one attached hydrogen (secondary N) is 1. The first kappa shape index (κ1) is 35.9. The van der Waals surface area contributed by atoms with E-state index in [-0.39, 0.29) is 47.6 Å². The van der Waals surface area contributed by atoms with Gasteiger partial charge >= 0.3 is 11.9 Å². The van der Waals surface area contributed by atoms with Gasteiger partial charge in [-0.1, -0.05) is 17.7 Å². The summed E-state index contributed by atoms with van der Waals surface area (Å²) < 4.78 is 16.7. The second-order valence-electron chi connectivity index (χ2n) is 16.5. The lowest BCUT2D eigenvalue weighted by Crippen LogP contribution is -2.70. The molecule has 1 aromatic carbocycles. The molecule has 2 N–H and O–H groups in total. The third-order valence-corrected chi connectivity index (χ3v) is 14.8. The molecule has 2 amide bonds. The number of nitrogens with zero attached hydrogens (tertiary/aromatic N) is 2. The minimum absolute atomic E-state index is 0.0159. The highest BCUT2D eigenvalue weighted by molar-refractivity contribution is 8.01. The molecule has 13 heteroatoms. The summed E-state index contributed by atoms with van der Waals surface area (Å²) in [5.41, 5.74) is 2.46. The number of rotatable bonds is 9. The Morgan fingerprint density at radius 3 is 2.57 bits per heavy atom. The molecule has 6 aliphatic rings. The number of carbonyl (C=O) groups excluding carboxylic acids is 4. The monoisotopic (exact) mass is 745 g/mol. The van der Waals surface area contributed by atoms with Gasteiger partial charge in [0.1, 0.15) is 46.3 Å². The number of benzene rings is 1. The molecule has 53 heavy (non-hydrogen) atoms. The number of ether oxygens (including phenoxy) is 2. The smallest absolute Gasteiger partial charge is 0.327 e. The van der Waals surface area contributed by atoms with E-state index in [0.29, 0.717) is 47.1 Å². The maximum Gasteiger partial charge on any atom is 0.327 e. The minimum atomic E-state index is -1.07. The second kappa shape index (κ2) is 13.3. The van der Waals surface area contributed by atoms with E-state index in [1.165, 1.54) is 22.2 Å². The van der Waals surface area contributed by atoms with Gasteiger partial charge in [-0.15, -0.1) is 11.8 Å². The van der Waals surface area contributed by atoms with E-state index >= 15 is 0 Å². The van der Waals surface area contributed by atoms with Crippen LogP contribution in [0.2, 0.25) is 0 Å². The molecule has 12 nitrogen and oxygen atoms in total. The Morgan fingerprint density at radius 2 is 1.81 bits per heavy atom. The number of β-lactam (4-membered cyclic amide) rings is 1. The summed E-state index contributed by atoms with van der Waals surface area (Å²) in [7, 11) is 0. The number of aliphatic carboxylic acids is 1. The van der Waals surface area contributed by atoms with Gasteiger partial charge in [0.05, 0.1) is 13.0 Å². The number of carboxylic acids is 1. The molecular weight excluding hydrogens is 699 g/mol. The number of esters is 1. The van der Waals surface area contributed by atoms with Gasteiger partial charge < -0.3 is 29.3 Å². The summed E-state index contributed by atoms with van der Waals surface area (Å²) in [5, 5.41) is 16.1. The third kappa shape index (κ3) is 6.06. The Kier molecular flexibility index (Phi) is 9.01. The predicted octanol–water partition coefficient (Wildman–Crippen LogP) is 5.72. The van der Waals surface area contributed by atoms with Crippen LogP contribution >= 0.6 is 11.8 Å². The van der Waals surface area contributed by atoms with Gasteiger partial charge in [-0.05, 0) is 120 Å². The van der Waals surface area contributed by atoms with Gasteiger partial charge in [-0.2, -0.15) is 0 Å². The number of carboxylic acid groups (broad SMARTS) is 1. The average Bonchev–Trinajstić information content (AvgIpc) is 3.75. The van der Waals surface area contributed by atoms with Crippen LogP contribution in [0.25, 0.3) is 11.3 Å². The van der Waals surface area contributed by atoms with Crippen LogP contribution in [0.1, 0.15) is 94.7 Å². The Bertz CT molecular complexity index is 1890. The number of hydrogen-bond acceptors (Lipinski definition) is 10. The highest BCUT2D eigenvalue weighted by Crippen LogP contribution is 2.62. The van der Waals surface area contributed by atoms with Crippen molar-refractivity contribution in [1.29, 1.82) is 0 Å². The van der Waals surface area contributed by atoms with E-state index in [9.17, 15) is 29.1 Å². The van der Waals surface area contributed by atoms with Crippen molar-refractivity contribution >= 4 is 41.3 Å². The summed E-state index contributed by atoms with van der Waals surface area (Å²) in [6.45, 7) is 7.66. The molecule has 0 radical (unpaired) electrons. The van der Waals surface area contributed by atoms with E-state index in [4.69, 9.17) is 14.0 Å². The number of aromatic nitrogens is 1. The lowest BCUT2D eigenvalue weighted by molar-refractivity contribution is -0.159. The highest BCUT2D eigenvalue weighted by atomic mass is 32.2. The fraction of sp³-hybridized carbons (Fsp3) is 0.600.